The van der Waals surface area contributed by atoms with Crippen LogP contribution in [0, 0.1) is 0 Å². The largest absolute Gasteiger partial charge is 0.397 e. The van der Waals surface area contributed by atoms with Crippen LogP contribution in [-0.4, -0.2) is 15.7 Å². The van der Waals surface area contributed by atoms with Crippen LogP contribution in [0.4, 0.5) is 11.4 Å². The van der Waals surface area contributed by atoms with Gasteiger partial charge in [0.2, 0.25) is 5.91 Å². The van der Waals surface area contributed by atoms with Gasteiger partial charge in [-0.3, -0.25) is 9.48 Å². The Labute approximate surface area is 130 Å². The number of hydrogen-bond donors (Lipinski definition) is 2. The van der Waals surface area contributed by atoms with E-state index in [-0.39, 0.29) is 5.91 Å². The number of benzene rings is 1. The lowest BCUT2D eigenvalue weighted by Crippen LogP contribution is -2.12. The van der Waals surface area contributed by atoms with Crippen LogP contribution < -0.4 is 11.1 Å². The summed E-state index contributed by atoms with van der Waals surface area (Å²) in [6.07, 6.45) is 4.72. The highest BCUT2D eigenvalue weighted by Gasteiger charge is 2.04. The molecule has 1 aromatic heterocycles. The highest BCUT2D eigenvalue weighted by molar-refractivity contribution is 9.10. The molecule has 0 aliphatic heterocycles. The summed E-state index contributed by atoms with van der Waals surface area (Å²) in [5.41, 5.74) is 6.78. The lowest BCUT2D eigenvalue weighted by molar-refractivity contribution is -0.116. The highest BCUT2D eigenvalue weighted by atomic mass is 79.9. The average molecular weight is 358 g/mol. The van der Waals surface area contributed by atoms with Gasteiger partial charge in [0.05, 0.1) is 21.4 Å². The molecule has 1 amide bonds. The number of amides is 1. The minimum absolute atomic E-state index is 0.0575. The zero-order valence-corrected chi connectivity index (χ0v) is 13.0. The van der Waals surface area contributed by atoms with Crippen LogP contribution in [0.15, 0.2) is 35.1 Å². The minimum atomic E-state index is -0.0575. The van der Waals surface area contributed by atoms with E-state index in [0.717, 1.165) is 4.47 Å². The molecule has 0 bridgehead atoms. The number of halogens is 2. The Bertz CT molecular complexity index is 614. The first-order chi connectivity index (χ1) is 9.54. The molecule has 2 aromatic rings. The molecule has 0 fully saturated rings. The van der Waals surface area contributed by atoms with E-state index in [1.165, 1.54) is 0 Å². The van der Waals surface area contributed by atoms with Crippen molar-refractivity contribution >= 4 is 44.8 Å². The van der Waals surface area contributed by atoms with Gasteiger partial charge in [0.25, 0.3) is 0 Å². The van der Waals surface area contributed by atoms with Crippen molar-refractivity contribution in [3.8, 4) is 0 Å². The van der Waals surface area contributed by atoms with Crippen LogP contribution in [0.25, 0.3) is 0 Å². The van der Waals surface area contributed by atoms with Gasteiger partial charge >= 0.3 is 0 Å². The second kappa shape index (κ2) is 6.76. The average Bonchev–Trinajstić information content (AvgIpc) is 2.80. The van der Waals surface area contributed by atoms with Gasteiger partial charge in [-0.05, 0) is 40.5 Å². The standard InChI is InChI=1S/C13H14BrClN4O/c14-9-7-17-19(8-9)5-1-2-13(20)18-10-3-4-11(15)12(16)6-10/h3-4,6-8H,1-2,5,16H2,(H,18,20). The molecule has 0 aliphatic carbocycles. The third-order valence-electron chi connectivity index (χ3n) is 2.67. The number of nitrogens with zero attached hydrogens (tertiary/aromatic N) is 2. The third kappa shape index (κ3) is 4.25. The first-order valence-electron chi connectivity index (χ1n) is 6.07. The summed E-state index contributed by atoms with van der Waals surface area (Å²) in [6, 6.07) is 5.03. The van der Waals surface area contributed by atoms with E-state index >= 15 is 0 Å². The van der Waals surface area contributed by atoms with E-state index in [9.17, 15) is 4.79 Å². The maximum Gasteiger partial charge on any atom is 0.224 e. The molecule has 20 heavy (non-hydrogen) atoms. The molecule has 3 N–H and O–H groups in total. The number of rotatable bonds is 5. The van der Waals surface area contributed by atoms with Gasteiger partial charge < -0.3 is 11.1 Å². The highest BCUT2D eigenvalue weighted by Crippen LogP contribution is 2.22. The van der Waals surface area contributed by atoms with Crippen molar-refractivity contribution in [2.24, 2.45) is 0 Å². The Hall–Kier alpha value is -1.53. The van der Waals surface area contributed by atoms with E-state index in [4.69, 9.17) is 17.3 Å². The van der Waals surface area contributed by atoms with Crippen LogP contribution in [0.3, 0.4) is 0 Å². The van der Waals surface area contributed by atoms with Crippen molar-refractivity contribution in [1.82, 2.24) is 9.78 Å². The van der Waals surface area contributed by atoms with E-state index in [1.807, 2.05) is 6.20 Å². The molecule has 0 unspecified atom stereocenters. The maximum atomic E-state index is 11.8. The van der Waals surface area contributed by atoms with Crippen LogP contribution >= 0.6 is 27.5 Å². The molecule has 2 rings (SSSR count). The van der Waals surface area contributed by atoms with Crippen molar-refractivity contribution < 1.29 is 4.79 Å². The molecule has 1 aromatic carbocycles. The van der Waals surface area contributed by atoms with Crippen LogP contribution in [-0.2, 0) is 11.3 Å². The molecule has 0 atom stereocenters. The van der Waals surface area contributed by atoms with Gasteiger partial charge in [0.1, 0.15) is 0 Å². The molecule has 0 radical (unpaired) electrons. The summed E-state index contributed by atoms with van der Waals surface area (Å²) in [4.78, 5) is 11.8. The summed E-state index contributed by atoms with van der Waals surface area (Å²) in [6.45, 7) is 0.696. The van der Waals surface area contributed by atoms with Crippen molar-refractivity contribution in [2.75, 3.05) is 11.1 Å². The van der Waals surface area contributed by atoms with E-state index in [2.05, 4.69) is 26.3 Å². The zero-order valence-electron chi connectivity index (χ0n) is 10.6. The fourth-order valence-electron chi connectivity index (χ4n) is 1.71. The predicted octanol–water partition coefficient (Wildman–Crippen LogP) is 3.30. The normalized spacial score (nSPS) is 10.5. The minimum Gasteiger partial charge on any atom is -0.397 e. The molecular formula is C13H14BrClN4O. The van der Waals surface area contributed by atoms with Gasteiger partial charge in [0, 0.05) is 24.8 Å². The Kier molecular flexibility index (Phi) is 5.03. The summed E-state index contributed by atoms with van der Waals surface area (Å²) in [5, 5.41) is 7.39. The zero-order chi connectivity index (χ0) is 14.5. The fraction of sp³-hybridized carbons (Fsp3) is 0.231. The summed E-state index contributed by atoms with van der Waals surface area (Å²) in [7, 11) is 0. The topological polar surface area (TPSA) is 72.9 Å². The molecule has 1 heterocycles. The molecule has 0 saturated carbocycles. The molecular weight excluding hydrogens is 344 g/mol. The third-order valence-corrected chi connectivity index (χ3v) is 3.43. The molecule has 5 nitrogen and oxygen atoms in total. The number of nitrogen functional groups attached to an aromatic ring is 1. The number of carbonyl (C=O) groups is 1. The predicted molar refractivity (Wildman–Crippen MR) is 83.7 cm³/mol. The van der Waals surface area contributed by atoms with E-state index in [0.29, 0.717) is 35.8 Å². The van der Waals surface area contributed by atoms with E-state index in [1.54, 1.807) is 29.1 Å². The van der Waals surface area contributed by atoms with E-state index < -0.39 is 0 Å². The Morgan fingerprint density at radius 1 is 1.50 bits per heavy atom. The number of hydrogen-bond acceptors (Lipinski definition) is 3. The first-order valence-corrected chi connectivity index (χ1v) is 7.24. The maximum absolute atomic E-state index is 11.8. The van der Waals surface area contributed by atoms with Gasteiger partial charge in [-0.2, -0.15) is 5.10 Å². The van der Waals surface area contributed by atoms with Crippen LogP contribution in [0.2, 0.25) is 5.02 Å². The summed E-state index contributed by atoms with van der Waals surface area (Å²) >= 11 is 9.14. The van der Waals surface area contributed by atoms with Gasteiger partial charge in [-0.1, -0.05) is 11.6 Å². The molecule has 7 heteroatoms. The smallest absolute Gasteiger partial charge is 0.224 e. The fourth-order valence-corrected chi connectivity index (χ4v) is 2.15. The van der Waals surface area contributed by atoms with Crippen LogP contribution in [0.1, 0.15) is 12.8 Å². The van der Waals surface area contributed by atoms with Crippen molar-refractivity contribution in [3.05, 3.63) is 40.1 Å². The number of nitrogens with one attached hydrogen (secondary N) is 1. The monoisotopic (exact) mass is 356 g/mol. The number of anilines is 2. The lowest BCUT2D eigenvalue weighted by atomic mass is 10.2. The molecule has 0 spiro atoms. The second-order valence-corrected chi connectivity index (χ2v) is 5.63. The van der Waals surface area contributed by atoms with Crippen molar-refractivity contribution in [1.29, 1.82) is 0 Å². The van der Waals surface area contributed by atoms with Gasteiger partial charge in [-0.25, -0.2) is 0 Å². The SMILES string of the molecule is Nc1cc(NC(=O)CCCn2cc(Br)cn2)ccc1Cl. The second-order valence-electron chi connectivity index (χ2n) is 4.31. The summed E-state index contributed by atoms with van der Waals surface area (Å²) in [5.74, 6) is -0.0575. The number of carbonyl (C=O) groups excluding carboxylic acids is 1. The quantitative estimate of drug-likeness (QED) is 0.806. The number of aromatic nitrogens is 2. The number of aryl methyl sites for hydroxylation is 1. The molecule has 0 saturated heterocycles. The van der Waals surface area contributed by atoms with Crippen LogP contribution in [0.5, 0.6) is 0 Å². The van der Waals surface area contributed by atoms with Crippen molar-refractivity contribution in [3.63, 3.8) is 0 Å². The van der Waals surface area contributed by atoms with Gasteiger partial charge in [-0.15, -0.1) is 0 Å². The molecule has 106 valence electrons. The Morgan fingerprint density at radius 3 is 2.95 bits per heavy atom. The Balaban J connectivity index is 1.79. The molecule has 0 aliphatic rings. The Morgan fingerprint density at radius 2 is 2.30 bits per heavy atom. The number of nitrogens with two attached hydrogens (primary N) is 1. The van der Waals surface area contributed by atoms with Gasteiger partial charge in [0.15, 0.2) is 0 Å². The lowest BCUT2D eigenvalue weighted by Gasteiger charge is -2.07. The summed E-state index contributed by atoms with van der Waals surface area (Å²) < 4.78 is 2.72. The first kappa shape index (κ1) is 14.9. The van der Waals surface area contributed by atoms with Crippen molar-refractivity contribution in [2.45, 2.75) is 19.4 Å².